The predicted octanol–water partition coefficient (Wildman–Crippen LogP) is 3.34. The molecule has 2 aromatic rings. The standard InChI is InChI=1S/C16H14BrNO3S/c1-2-18-12-6-5-10(17)8-11(12)16(21,15(18)20)9-13(19)14-4-3-7-22-14/h3-8,21H,2,9H2,1H3/t16-/m1/s1. The molecule has 4 nitrogen and oxygen atoms in total. The summed E-state index contributed by atoms with van der Waals surface area (Å²) in [5.41, 5.74) is -0.647. The number of carbonyl (C=O) groups excluding carboxylic acids is 2. The van der Waals surface area contributed by atoms with Crippen LogP contribution in [0.2, 0.25) is 0 Å². The first-order valence-corrected chi connectivity index (χ1v) is 8.55. The van der Waals surface area contributed by atoms with Crippen molar-refractivity contribution in [2.24, 2.45) is 0 Å². The van der Waals surface area contributed by atoms with E-state index in [-0.39, 0.29) is 12.2 Å². The molecular formula is C16H14BrNO3S. The van der Waals surface area contributed by atoms with E-state index >= 15 is 0 Å². The zero-order valence-electron chi connectivity index (χ0n) is 11.9. The molecule has 6 heteroatoms. The third-order valence-electron chi connectivity index (χ3n) is 3.82. The number of halogens is 1. The van der Waals surface area contributed by atoms with Crippen LogP contribution in [0.4, 0.5) is 5.69 Å². The molecule has 1 aliphatic heterocycles. The first-order valence-electron chi connectivity index (χ1n) is 6.88. The number of Topliss-reactive ketones (excluding diaryl/α,β-unsaturated/α-hetero) is 1. The maximum atomic E-state index is 12.6. The molecule has 0 fully saturated rings. The van der Waals surface area contributed by atoms with Gasteiger partial charge in [0.05, 0.1) is 17.0 Å². The average Bonchev–Trinajstić information content (AvgIpc) is 3.08. The van der Waals surface area contributed by atoms with Crippen LogP contribution in [-0.4, -0.2) is 23.3 Å². The number of thiophene rings is 1. The van der Waals surface area contributed by atoms with Crippen LogP contribution in [-0.2, 0) is 10.4 Å². The van der Waals surface area contributed by atoms with Gasteiger partial charge < -0.3 is 10.0 Å². The van der Waals surface area contributed by atoms with Crippen LogP contribution in [0.5, 0.6) is 0 Å². The Hall–Kier alpha value is -1.50. The highest BCUT2D eigenvalue weighted by atomic mass is 79.9. The third-order valence-corrected chi connectivity index (χ3v) is 5.23. The zero-order valence-corrected chi connectivity index (χ0v) is 14.3. The molecule has 0 aliphatic carbocycles. The molecular weight excluding hydrogens is 366 g/mol. The molecule has 22 heavy (non-hydrogen) atoms. The van der Waals surface area contributed by atoms with Crippen LogP contribution in [0.3, 0.4) is 0 Å². The van der Waals surface area contributed by atoms with Gasteiger partial charge in [-0.1, -0.05) is 22.0 Å². The normalized spacial score (nSPS) is 20.3. The maximum absolute atomic E-state index is 12.6. The van der Waals surface area contributed by atoms with E-state index in [1.54, 1.807) is 29.6 Å². The first-order chi connectivity index (χ1) is 10.5. The Labute approximate surface area is 140 Å². The highest BCUT2D eigenvalue weighted by Crippen LogP contribution is 2.44. The topological polar surface area (TPSA) is 57.6 Å². The Morgan fingerprint density at radius 1 is 1.41 bits per heavy atom. The number of hydrogen-bond acceptors (Lipinski definition) is 4. The Kier molecular flexibility index (Phi) is 3.92. The van der Waals surface area contributed by atoms with Gasteiger partial charge in [-0.15, -0.1) is 11.3 Å². The fourth-order valence-electron chi connectivity index (χ4n) is 2.76. The summed E-state index contributed by atoms with van der Waals surface area (Å²) in [5.74, 6) is -0.664. The van der Waals surface area contributed by atoms with E-state index in [2.05, 4.69) is 15.9 Å². The van der Waals surface area contributed by atoms with Crippen LogP contribution < -0.4 is 4.90 Å². The maximum Gasteiger partial charge on any atom is 0.264 e. The largest absolute Gasteiger partial charge is 0.375 e. The molecule has 114 valence electrons. The van der Waals surface area contributed by atoms with Gasteiger partial charge in [0.2, 0.25) is 0 Å². The highest BCUT2D eigenvalue weighted by Gasteiger charge is 2.50. The number of rotatable bonds is 4. The lowest BCUT2D eigenvalue weighted by molar-refractivity contribution is -0.135. The van der Waals surface area contributed by atoms with Gasteiger partial charge in [-0.25, -0.2) is 0 Å². The van der Waals surface area contributed by atoms with Crippen molar-refractivity contribution in [3.8, 4) is 0 Å². The van der Waals surface area contributed by atoms with Gasteiger partial charge >= 0.3 is 0 Å². The molecule has 3 rings (SSSR count). The molecule has 0 bridgehead atoms. The number of anilines is 1. The van der Waals surface area contributed by atoms with Crippen molar-refractivity contribution < 1.29 is 14.7 Å². The van der Waals surface area contributed by atoms with Crippen molar-refractivity contribution in [1.82, 2.24) is 0 Å². The lowest BCUT2D eigenvalue weighted by Crippen LogP contribution is -2.41. The Bertz CT molecular complexity index is 744. The van der Waals surface area contributed by atoms with E-state index in [0.29, 0.717) is 22.7 Å². The fraction of sp³-hybridized carbons (Fsp3) is 0.250. The lowest BCUT2D eigenvalue weighted by Gasteiger charge is -2.21. The van der Waals surface area contributed by atoms with Crippen LogP contribution in [0, 0.1) is 0 Å². The summed E-state index contributed by atoms with van der Waals surface area (Å²) in [5, 5.41) is 12.8. The molecule has 0 unspecified atom stereocenters. The molecule has 2 heterocycles. The minimum absolute atomic E-state index is 0.227. The summed E-state index contributed by atoms with van der Waals surface area (Å²) in [6.07, 6.45) is -0.244. The summed E-state index contributed by atoms with van der Waals surface area (Å²) in [4.78, 5) is 27.1. The van der Waals surface area contributed by atoms with E-state index in [0.717, 1.165) is 4.47 Å². The van der Waals surface area contributed by atoms with Gasteiger partial charge in [-0.05, 0) is 36.6 Å². The Balaban J connectivity index is 2.04. The number of hydrogen-bond donors (Lipinski definition) is 1. The van der Waals surface area contributed by atoms with Crippen molar-refractivity contribution in [3.63, 3.8) is 0 Å². The molecule has 1 aliphatic rings. The van der Waals surface area contributed by atoms with Crippen molar-refractivity contribution >= 4 is 44.6 Å². The quantitative estimate of drug-likeness (QED) is 0.828. The van der Waals surface area contributed by atoms with Gasteiger partial charge in [-0.2, -0.15) is 0 Å². The Morgan fingerprint density at radius 2 is 2.18 bits per heavy atom. The minimum atomic E-state index is -1.80. The zero-order chi connectivity index (χ0) is 15.9. The monoisotopic (exact) mass is 379 g/mol. The molecule has 1 amide bonds. The number of aliphatic hydroxyl groups is 1. The van der Waals surface area contributed by atoms with Crippen LogP contribution >= 0.6 is 27.3 Å². The van der Waals surface area contributed by atoms with Crippen LogP contribution in [0.15, 0.2) is 40.2 Å². The SMILES string of the molecule is CCN1C(=O)[C@@](O)(CC(=O)c2cccs2)c2cc(Br)ccc21. The van der Waals surface area contributed by atoms with E-state index in [1.165, 1.54) is 16.2 Å². The molecule has 1 N–H and O–H groups in total. The summed E-state index contributed by atoms with van der Waals surface area (Å²) in [6.45, 7) is 2.29. The van der Waals surface area contributed by atoms with Gasteiger partial charge in [0.1, 0.15) is 0 Å². The number of carbonyl (C=O) groups is 2. The van der Waals surface area contributed by atoms with E-state index in [1.807, 2.05) is 13.0 Å². The van der Waals surface area contributed by atoms with Gasteiger partial charge in [0.25, 0.3) is 5.91 Å². The van der Waals surface area contributed by atoms with Crippen molar-refractivity contribution in [2.45, 2.75) is 18.9 Å². The summed E-state index contributed by atoms with van der Waals surface area (Å²) in [6, 6.07) is 8.80. The van der Waals surface area contributed by atoms with E-state index < -0.39 is 11.5 Å². The van der Waals surface area contributed by atoms with Gasteiger partial charge in [0, 0.05) is 16.6 Å². The predicted molar refractivity (Wildman–Crippen MR) is 89.3 cm³/mol. The smallest absolute Gasteiger partial charge is 0.264 e. The number of fused-ring (bicyclic) bond motifs is 1. The molecule has 0 radical (unpaired) electrons. The van der Waals surface area contributed by atoms with E-state index in [9.17, 15) is 14.7 Å². The Morgan fingerprint density at radius 3 is 2.82 bits per heavy atom. The third kappa shape index (κ3) is 2.31. The second-order valence-corrected chi connectivity index (χ2v) is 7.01. The summed E-state index contributed by atoms with van der Waals surface area (Å²) in [7, 11) is 0. The molecule has 0 spiro atoms. The van der Waals surface area contributed by atoms with Crippen molar-refractivity contribution in [1.29, 1.82) is 0 Å². The average molecular weight is 380 g/mol. The van der Waals surface area contributed by atoms with Gasteiger partial charge in [0.15, 0.2) is 11.4 Å². The fourth-order valence-corrected chi connectivity index (χ4v) is 3.79. The summed E-state index contributed by atoms with van der Waals surface area (Å²) < 4.78 is 0.763. The molecule has 1 aromatic heterocycles. The molecule has 0 saturated carbocycles. The second-order valence-electron chi connectivity index (χ2n) is 5.15. The summed E-state index contributed by atoms with van der Waals surface area (Å²) >= 11 is 4.67. The minimum Gasteiger partial charge on any atom is -0.375 e. The molecule has 1 atom stereocenters. The van der Waals surface area contributed by atoms with Crippen LogP contribution in [0.25, 0.3) is 0 Å². The number of amides is 1. The molecule has 1 aromatic carbocycles. The number of nitrogens with zero attached hydrogens (tertiary/aromatic N) is 1. The first kappa shape index (κ1) is 15.4. The highest BCUT2D eigenvalue weighted by molar-refractivity contribution is 9.10. The van der Waals surface area contributed by atoms with E-state index in [4.69, 9.17) is 0 Å². The number of benzene rings is 1. The molecule has 0 saturated heterocycles. The van der Waals surface area contributed by atoms with Crippen molar-refractivity contribution in [3.05, 3.63) is 50.6 Å². The van der Waals surface area contributed by atoms with Crippen molar-refractivity contribution in [2.75, 3.05) is 11.4 Å². The number of likely N-dealkylation sites (N-methyl/N-ethyl adjacent to an activating group) is 1. The second kappa shape index (κ2) is 5.61. The van der Waals surface area contributed by atoms with Gasteiger partial charge in [-0.3, -0.25) is 9.59 Å². The number of ketones is 1. The lowest BCUT2D eigenvalue weighted by atomic mass is 9.89. The van der Waals surface area contributed by atoms with Crippen LogP contribution in [0.1, 0.15) is 28.6 Å².